The fourth-order valence-corrected chi connectivity index (χ4v) is 3.42. The molecule has 1 N–H and O–H groups in total. The Morgan fingerprint density at radius 3 is 2.57 bits per heavy atom. The normalized spacial score (nSPS) is 14.2. The molecule has 7 nitrogen and oxygen atoms in total. The third-order valence-corrected chi connectivity index (χ3v) is 5.20. The number of aromatic nitrogens is 4. The van der Waals surface area contributed by atoms with E-state index in [1.807, 2.05) is 18.2 Å². The van der Waals surface area contributed by atoms with Gasteiger partial charge < -0.3 is 15.1 Å². The molecule has 1 saturated heterocycles. The Labute approximate surface area is 165 Å². The first-order chi connectivity index (χ1) is 13.7. The highest BCUT2D eigenvalue weighted by Crippen LogP contribution is 2.24. The second kappa shape index (κ2) is 8.21. The molecular formula is C21H25N7. The van der Waals surface area contributed by atoms with Gasteiger partial charge in [0.05, 0.1) is 18.4 Å². The van der Waals surface area contributed by atoms with Gasteiger partial charge in [-0.1, -0.05) is 18.2 Å². The lowest BCUT2D eigenvalue weighted by Gasteiger charge is -2.36. The van der Waals surface area contributed by atoms with Gasteiger partial charge in [0.25, 0.3) is 0 Å². The van der Waals surface area contributed by atoms with Gasteiger partial charge in [-0.15, -0.1) is 5.10 Å². The summed E-state index contributed by atoms with van der Waals surface area (Å²) in [6.07, 6.45) is 3.44. The molecule has 144 valence electrons. The number of benzene rings is 1. The third-order valence-electron chi connectivity index (χ3n) is 5.20. The molecule has 0 bridgehead atoms. The summed E-state index contributed by atoms with van der Waals surface area (Å²) >= 11 is 0. The molecule has 3 heterocycles. The molecule has 2 aromatic heterocycles. The van der Waals surface area contributed by atoms with Crippen LogP contribution in [0, 0.1) is 13.8 Å². The molecule has 0 atom stereocenters. The molecule has 0 radical (unpaired) electrons. The number of pyridine rings is 1. The van der Waals surface area contributed by atoms with E-state index in [4.69, 9.17) is 0 Å². The minimum Gasteiger partial charge on any atom is -0.368 e. The van der Waals surface area contributed by atoms with Crippen LogP contribution < -0.4 is 15.1 Å². The number of anilines is 3. The standard InChI is InChI=1S/C21H25N7/c1-16-6-5-8-19(17(16)2)27-10-12-28(13-11-27)21-25-20(15-24-26-21)23-14-18-7-3-4-9-22-18/h3-9,15H,10-14H2,1-2H3,(H,23,25,26). The van der Waals surface area contributed by atoms with E-state index in [1.54, 1.807) is 12.4 Å². The van der Waals surface area contributed by atoms with Crippen molar-refractivity contribution in [1.29, 1.82) is 0 Å². The van der Waals surface area contributed by atoms with Gasteiger partial charge in [0.2, 0.25) is 5.95 Å². The van der Waals surface area contributed by atoms with Crippen molar-refractivity contribution in [3.05, 3.63) is 65.6 Å². The van der Waals surface area contributed by atoms with Gasteiger partial charge in [0, 0.05) is 38.1 Å². The zero-order valence-electron chi connectivity index (χ0n) is 16.3. The number of hydrogen-bond donors (Lipinski definition) is 1. The molecule has 3 aromatic rings. The Morgan fingerprint density at radius 2 is 1.79 bits per heavy atom. The van der Waals surface area contributed by atoms with E-state index >= 15 is 0 Å². The maximum absolute atomic E-state index is 4.64. The predicted octanol–water partition coefficient (Wildman–Crippen LogP) is 2.82. The van der Waals surface area contributed by atoms with Crippen molar-refractivity contribution < 1.29 is 0 Å². The SMILES string of the molecule is Cc1cccc(N2CCN(c3nncc(NCc4ccccn4)n3)CC2)c1C. The van der Waals surface area contributed by atoms with Crippen LogP contribution in [-0.2, 0) is 6.54 Å². The Morgan fingerprint density at radius 1 is 0.964 bits per heavy atom. The topological polar surface area (TPSA) is 70.1 Å². The lowest BCUT2D eigenvalue weighted by Crippen LogP contribution is -2.47. The van der Waals surface area contributed by atoms with E-state index in [2.05, 4.69) is 67.3 Å². The average Bonchev–Trinajstić information content (AvgIpc) is 2.75. The second-order valence-electron chi connectivity index (χ2n) is 7.01. The van der Waals surface area contributed by atoms with Crippen molar-refractivity contribution in [2.24, 2.45) is 0 Å². The van der Waals surface area contributed by atoms with Crippen LogP contribution in [-0.4, -0.2) is 46.3 Å². The second-order valence-corrected chi connectivity index (χ2v) is 7.01. The van der Waals surface area contributed by atoms with Crippen molar-refractivity contribution in [3.8, 4) is 0 Å². The third kappa shape index (κ3) is 4.03. The molecule has 1 aliphatic rings. The average molecular weight is 375 g/mol. The summed E-state index contributed by atoms with van der Waals surface area (Å²) in [5.74, 6) is 1.39. The summed E-state index contributed by atoms with van der Waals surface area (Å²) in [6.45, 7) is 8.61. The Bertz CT molecular complexity index is 921. The van der Waals surface area contributed by atoms with Crippen LogP contribution in [0.3, 0.4) is 0 Å². The zero-order chi connectivity index (χ0) is 19.3. The summed E-state index contributed by atoms with van der Waals surface area (Å²) in [5, 5.41) is 11.6. The highest BCUT2D eigenvalue weighted by Gasteiger charge is 2.21. The molecule has 0 aliphatic carbocycles. The van der Waals surface area contributed by atoms with Gasteiger partial charge in [-0.05, 0) is 43.2 Å². The van der Waals surface area contributed by atoms with E-state index in [1.165, 1.54) is 16.8 Å². The van der Waals surface area contributed by atoms with Crippen molar-refractivity contribution in [2.45, 2.75) is 20.4 Å². The summed E-state index contributed by atoms with van der Waals surface area (Å²) in [6, 6.07) is 12.4. The predicted molar refractivity (Wildman–Crippen MR) is 112 cm³/mol. The first-order valence-electron chi connectivity index (χ1n) is 9.60. The number of piperazine rings is 1. The molecule has 0 spiro atoms. The number of hydrogen-bond acceptors (Lipinski definition) is 7. The first-order valence-corrected chi connectivity index (χ1v) is 9.60. The smallest absolute Gasteiger partial charge is 0.247 e. The van der Waals surface area contributed by atoms with Crippen LogP contribution in [0.4, 0.5) is 17.5 Å². The number of aryl methyl sites for hydroxylation is 1. The largest absolute Gasteiger partial charge is 0.368 e. The fourth-order valence-electron chi connectivity index (χ4n) is 3.42. The van der Waals surface area contributed by atoms with Crippen LogP contribution in [0.2, 0.25) is 0 Å². The minimum atomic E-state index is 0.611. The van der Waals surface area contributed by atoms with Crippen molar-refractivity contribution in [2.75, 3.05) is 41.3 Å². The molecular weight excluding hydrogens is 350 g/mol. The van der Waals surface area contributed by atoms with Gasteiger partial charge in [-0.25, -0.2) is 0 Å². The van der Waals surface area contributed by atoms with E-state index in [9.17, 15) is 0 Å². The summed E-state index contributed by atoms with van der Waals surface area (Å²) in [4.78, 5) is 13.6. The molecule has 1 fully saturated rings. The highest BCUT2D eigenvalue weighted by atomic mass is 15.4. The van der Waals surface area contributed by atoms with Crippen LogP contribution in [0.25, 0.3) is 0 Å². The molecule has 28 heavy (non-hydrogen) atoms. The van der Waals surface area contributed by atoms with E-state index in [0.29, 0.717) is 18.3 Å². The van der Waals surface area contributed by atoms with E-state index < -0.39 is 0 Å². The maximum atomic E-state index is 4.64. The molecule has 0 amide bonds. The van der Waals surface area contributed by atoms with Crippen LogP contribution >= 0.6 is 0 Å². The Balaban J connectivity index is 1.39. The first kappa shape index (κ1) is 18.2. The zero-order valence-corrected chi connectivity index (χ0v) is 16.3. The molecule has 0 unspecified atom stereocenters. The summed E-state index contributed by atoms with van der Waals surface area (Å²) in [5.41, 5.74) is 4.98. The molecule has 7 heteroatoms. The van der Waals surface area contributed by atoms with Gasteiger partial charge in [0.1, 0.15) is 0 Å². The number of rotatable bonds is 5. The van der Waals surface area contributed by atoms with Gasteiger partial charge in [-0.3, -0.25) is 4.98 Å². The Kier molecular flexibility index (Phi) is 5.32. The lowest BCUT2D eigenvalue weighted by molar-refractivity contribution is 0.634. The molecule has 1 aliphatic heterocycles. The maximum Gasteiger partial charge on any atom is 0.247 e. The van der Waals surface area contributed by atoms with Crippen LogP contribution in [0.5, 0.6) is 0 Å². The van der Waals surface area contributed by atoms with E-state index in [-0.39, 0.29) is 0 Å². The monoisotopic (exact) mass is 375 g/mol. The minimum absolute atomic E-state index is 0.611. The molecule has 4 rings (SSSR count). The van der Waals surface area contributed by atoms with Gasteiger partial charge in [0.15, 0.2) is 5.82 Å². The molecule has 1 aromatic carbocycles. The number of nitrogens with zero attached hydrogens (tertiary/aromatic N) is 6. The highest BCUT2D eigenvalue weighted by molar-refractivity contribution is 5.57. The summed E-state index contributed by atoms with van der Waals surface area (Å²) < 4.78 is 0. The molecule has 0 saturated carbocycles. The fraction of sp³-hybridized carbons (Fsp3) is 0.333. The summed E-state index contributed by atoms with van der Waals surface area (Å²) in [7, 11) is 0. The number of nitrogens with one attached hydrogen (secondary N) is 1. The van der Waals surface area contributed by atoms with Crippen LogP contribution in [0.15, 0.2) is 48.8 Å². The van der Waals surface area contributed by atoms with Crippen LogP contribution in [0.1, 0.15) is 16.8 Å². The van der Waals surface area contributed by atoms with Gasteiger partial charge >= 0.3 is 0 Å². The lowest BCUT2D eigenvalue weighted by atomic mass is 10.1. The van der Waals surface area contributed by atoms with Crippen molar-refractivity contribution >= 4 is 17.5 Å². The quantitative estimate of drug-likeness (QED) is 0.735. The van der Waals surface area contributed by atoms with Gasteiger partial charge in [-0.2, -0.15) is 10.1 Å². The van der Waals surface area contributed by atoms with Crippen molar-refractivity contribution in [1.82, 2.24) is 20.2 Å². The van der Waals surface area contributed by atoms with Crippen molar-refractivity contribution in [3.63, 3.8) is 0 Å². The Hall–Kier alpha value is -3.22. The van der Waals surface area contributed by atoms with E-state index in [0.717, 1.165) is 31.9 Å².